The van der Waals surface area contributed by atoms with Gasteiger partial charge in [-0.1, -0.05) is 0 Å². The Bertz CT molecular complexity index is 77.6. The molecule has 1 nitrogen and oxygen atoms in total. The van der Waals surface area contributed by atoms with E-state index in [1.165, 1.54) is 4.18 Å². The maximum atomic E-state index is 8.67. The molecule has 0 fully saturated rings. The number of allylic oxidation sites excluding steroid dienone is 1. The molecule has 0 bridgehead atoms. The molecule has 0 saturated carbocycles. The van der Waals surface area contributed by atoms with Crippen molar-refractivity contribution in [1.29, 1.82) is 0 Å². The average Bonchev–Trinajstić information content (AvgIpc) is 1.86. The van der Waals surface area contributed by atoms with Crippen LogP contribution in [0.15, 0.2) is 9.59 Å². The van der Waals surface area contributed by atoms with Crippen molar-refractivity contribution in [3.63, 3.8) is 0 Å². The van der Waals surface area contributed by atoms with Crippen molar-refractivity contribution < 1.29 is 5.11 Å². The Hall–Kier alpha value is 0.410. The summed E-state index contributed by atoms with van der Waals surface area (Å²) in [7, 11) is 0. The van der Waals surface area contributed by atoms with Crippen LogP contribution in [-0.4, -0.2) is 28.0 Å². The predicted octanol–water partition coefficient (Wildman–Crippen LogP) is 0.912. The molecule has 0 spiro atoms. The summed E-state index contributed by atoms with van der Waals surface area (Å²) in [6.07, 6.45) is 3.12. The van der Waals surface area contributed by atoms with Gasteiger partial charge in [0.15, 0.2) is 0 Å². The second-order valence-electron chi connectivity index (χ2n) is 1.41. The summed E-state index contributed by atoms with van der Waals surface area (Å²) in [6.45, 7) is 0. The molecule has 0 atom stereocenters. The van der Waals surface area contributed by atoms with Crippen molar-refractivity contribution in [2.45, 2.75) is 10.6 Å². The normalized spacial score (nSPS) is 19.7. The van der Waals surface area contributed by atoms with Crippen LogP contribution in [-0.2, 0) is 0 Å². The fraction of sp³-hybridized carbons (Fsp3) is 0.500. The van der Waals surface area contributed by atoms with E-state index in [-0.39, 0.29) is 0 Å². The second-order valence-corrected chi connectivity index (χ2v) is 5.91. The van der Waals surface area contributed by atoms with Crippen LogP contribution in [0, 0.1) is 0 Å². The minimum atomic E-state index is -0.491. The van der Waals surface area contributed by atoms with E-state index >= 15 is 0 Å². The standard InChI is InChI=1S/C4H6O.In/c1-2-3-4-5;/h3,5H,1-2H2;. The monoisotopic (exact) mass is 185 g/mol. The van der Waals surface area contributed by atoms with Gasteiger partial charge in [-0.25, -0.2) is 0 Å². The third-order valence-corrected chi connectivity index (χ3v) is 4.52. The molecule has 1 aliphatic heterocycles. The summed E-state index contributed by atoms with van der Waals surface area (Å²) in [6, 6.07) is 0. The van der Waals surface area contributed by atoms with Crippen molar-refractivity contribution in [3.05, 3.63) is 9.59 Å². The molecule has 0 aliphatic carbocycles. The molecule has 31 valence electrons. The van der Waals surface area contributed by atoms with Crippen LogP contribution in [0.25, 0.3) is 0 Å². The van der Waals surface area contributed by atoms with Gasteiger partial charge < -0.3 is 0 Å². The fourth-order valence-electron chi connectivity index (χ4n) is 0.546. The molecule has 0 unspecified atom stereocenters. The Balaban J connectivity index is 2.45. The SMILES string of the molecule is O[C]1=CC[CH2][In]1. The summed E-state index contributed by atoms with van der Waals surface area (Å²) in [4.78, 5) is 0. The van der Waals surface area contributed by atoms with Gasteiger partial charge in [-0.05, 0) is 0 Å². The molecule has 0 aromatic carbocycles. The molecule has 1 N–H and O–H groups in total. The number of rotatable bonds is 0. The van der Waals surface area contributed by atoms with Gasteiger partial charge in [-0.15, -0.1) is 0 Å². The molecule has 1 radical (unpaired) electrons. The molecule has 6 heavy (non-hydrogen) atoms. The minimum absolute atomic E-state index is 0.491. The Kier molecular flexibility index (Phi) is 1.46. The van der Waals surface area contributed by atoms with E-state index in [1.54, 1.807) is 0 Å². The first-order valence-corrected chi connectivity index (χ1v) is 6.10. The van der Waals surface area contributed by atoms with E-state index in [4.69, 9.17) is 5.11 Å². The van der Waals surface area contributed by atoms with Gasteiger partial charge in [0.25, 0.3) is 0 Å². The Morgan fingerprint density at radius 1 is 1.83 bits per heavy atom. The Morgan fingerprint density at radius 3 is 2.83 bits per heavy atom. The van der Waals surface area contributed by atoms with Crippen LogP contribution >= 0.6 is 0 Å². The number of hydrogen-bond acceptors (Lipinski definition) is 1. The van der Waals surface area contributed by atoms with Crippen molar-refractivity contribution in [1.82, 2.24) is 0 Å². The average molecular weight is 185 g/mol. The topological polar surface area (TPSA) is 20.2 Å². The van der Waals surface area contributed by atoms with E-state index < -0.39 is 22.9 Å². The quantitative estimate of drug-likeness (QED) is 0.594. The van der Waals surface area contributed by atoms with Crippen LogP contribution in [0.2, 0.25) is 4.18 Å². The molecule has 0 amide bonds. The summed E-state index contributed by atoms with van der Waals surface area (Å²) in [5.41, 5.74) is 0. The number of aliphatic hydroxyl groups excluding tert-OH is 1. The predicted molar refractivity (Wildman–Crippen MR) is 25.9 cm³/mol. The van der Waals surface area contributed by atoms with E-state index in [0.29, 0.717) is 0 Å². The van der Waals surface area contributed by atoms with E-state index in [1.807, 2.05) is 6.08 Å². The zero-order valence-electron chi connectivity index (χ0n) is 3.52. The van der Waals surface area contributed by atoms with Gasteiger partial charge in [0.05, 0.1) is 0 Å². The van der Waals surface area contributed by atoms with Gasteiger partial charge in [0, 0.05) is 0 Å². The molecule has 0 aromatic rings. The van der Waals surface area contributed by atoms with Gasteiger partial charge in [0.2, 0.25) is 0 Å². The molecular formula is C4H6InO. The van der Waals surface area contributed by atoms with Crippen LogP contribution in [0.4, 0.5) is 0 Å². The van der Waals surface area contributed by atoms with Crippen LogP contribution < -0.4 is 0 Å². The first-order chi connectivity index (χ1) is 2.89. The van der Waals surface area contributed by atoms with Crippen molar-refractivity contribution >= 4 is 22.9 Å². The molecule has 1 rings (SSSR count). The van der Waals surface area contributed by atoms with Crippen molar-refractivity contribution in [3.8, 4) is 0 Å². The van der Waals surface area contributed by atoms with Gasteiger partial charge in [-0.3, -0.25) is 0 Å². The van der Waals surface area contributed by atoms with Crippen LogP contribution in [0.5, 0.6) is 0 Å². The third-order valence-electron chi connectivity index (χ3n) is 0.874. The maximum absolute atomic E-state index is 8.67. The van der Waals surface area contributed by atoms with Crippen LogP contribution in [0.3, 0.4) is 0 Å². The van der Waals surface area contributed by atoms with E-state index in [9.17, 15) is 0 Å². The summed E-state index contributed by atoms with van der Waals surface area (Å²) in [5, 5.41) is 8.67. The van der Waals surface area contributed by atoms with Crippen LogP contribution in [0.1, 0.15) is 6.42 Å². The third kappa shape index (κ3) is 0.934. The fourth-order valence-corrected chi connectivity index (χ4v) is 3.29. The van der Waals surface area contributed by atoms with E-state index in [2.05, 4.69) is 0 Å². The first-order valence-electron chi connectivity index (χ1n) is 2.12. The number of hydrogen-bond donors (Lipinski definition) is 1. The van der Waals surface area contributed by atoms with Crippen molar-refractivity contribution in [2.24, 2.45) is 0 Å². The summed E-state index contributed by atoms with van der Waals surface area (Å²) >= 11 is -0.491. The number of aliphatic hydroxyl groups is 1. The summed E-state index contributed by atoms with van der Waals surface area (Å²) in [5.74, 6) is 0. The Morgan fingerprint density at radius 2 is 2.67 bits per heavy atom. The Labute approximate surface area is 48.4 Å². The zero-order chi connectivity index (χ0) is 4.41. The summed E-state index contributed by atoms with van der Waals surface area (Å²) < 4.78 is 2.10. The molecule has 1 heterocycles. The van der Waals surface area contributed by atoms with E-state index in [0.717, 1.165) is 9.94 Å². The first kappa shape index (κ1) is 4.57. The molecule has 1 aliphatic rings. The van der Waals surface area contributed by atoms with Crippen molar-refractivity contribution in [2.75, 3.05) is 0 Å². The molecule has 2 heteroatoms. The zero-order valence-corrected chi connectivity index (χ0v) is 6.81. The van der Waals surface area contributed by atoms with Gasteiger partial charge in [0.1, 0.15) is 0 Å². The second kappa shape index (κ2) is 1.92. The van der Waals surface area contributed by atoms with Gasteiger partial charge >= 0.3 is 48.2 Å². The molecular weight excluding hydrogens is 179 g/mol. The van der Waals surface area contributed by atoms with Gasteiger partial charge in [-0.2, -0.15) is 0 Å². The molecule has 0 aromatic heterocycles. The molecule has 0 saturated heterocycles.